The molecule has 0 saturated carbocycles. The molecule has 0 saturated heterocycles. The Morgan fingerprint density at radius 2 is 1.62 bits per heavy atom. The number of aliphatic hydroxyl groups is 2. The first kappa shape index (κ1) is 9.83. The van der Waals surface area contributed by atoms with Crippen molar-refractivity contribution in [3.05, 3.63) is 23.3 Å². The van der Waals surface area contributed by atoms with Crippen molar-refractivity contribution in [2.24, 2.45) is 0 Å². The van der Waals surface area contributed by atoms with Crippen LogP contribution in [0.15, 0.2) is 12.1 Å². The fraction of sp³-hybridized carbons (Fsp3) is 0.333. The van der Waals surface area contributed by atoms with Crippen LogP contribution in [-0.4, -0.2) is 22.4 Å². The van der Waals surface area contributed by atoms with Crippen LogP contribution >= 0.6 is 0 Å². The van der Waals surface area contributed by atoms with Crippen molar-refractivity contribution >= 4 is 0 Å². The Bertz CT molecular complexity index is 271. The molecule has 1 aromatic rings. The number of hydrogen-bond donors (Lipinski definition) is 3. The Morgan fingerprint density at radius 3 is 1.92 bits per heavy atom. The molecule has 1 rings (SSSR count). The largest absolute Gasteiger partial charge is 0.507 e. The van der Waals surface area contributed by atoms with Gasteiger partial charge in [0.2, 0.25) is 0 Å². The maximum atomic E-state index is 9.43. The highest BCUT2D eigenvalue weighted by Gasteiger charge is 2.08. The molecule has 1 aromatic carbocycles. The first-order chi connectivity index (χ1) is 6.22. The van der Waals surface area contributed by atoms with Crippen LogP contribution in [0.2, 0.25) is 0 Å². The first-order valence-corrected chi connectivity index (χ1v) is 3.83. The highest BCUT2D eigenvalue weighted by atomic mass is 16.5. The van der Waals surface area contributed by atoms with Crippen molar-refractivity contribution in [1.82, 2.24) is 0 Å². The van der Waals surface area contributed by atoms with E-state index >= 15 is 0 Å². The topological polar surface area (TPSA) is 69.9 Å². The van der Waals surface area contributed by atoms with Crippen molar-refractivity contribution in [3.8, 4) is 11.5 Å². The quantitative estimate of drug-likeness (QED) is 0.635. The van der Waals surface area contributed by atoms with E-state index in [4.69, 9.17) is 14.9 Å². The van der Waals surface area contributed by atoms with Gasteiger partial charge in [0, 0.05) is 11.1 Å². The molecule has 0 fully saturated rings. The van der Waals surface area contributed by atoms with Gasteiger partial charge in [-0.2, -0.15) is 0 Å². The summed E-state index contributed by atoms with van der Waals surface area (Å²) < 4.78 is 4.92. The number of methoxy groups -OCH3 is 1. The number of benzene rings is 1. The van der Waals surface area contributed by atoms with Crippen molar-refractivity contribution < 1.29 is 20.1 Å². The lowest BCUT2D eigenvalue weighted by Crippen LogP contribution is -1.94. The normalized spacial score (nSPS) is 10.1. The third-order valence-electron chi connectivity index (χ3n) is 1.82. The van der Waals surface area contributed by atoms with Gasteiger partial charge >= 0.3 is 0 Å². The van der Waals surface area contributed by atoms with Crippen LogP contribution in [0.4, 0.5) is 0 Å². The summed E-state index contributed by atoms with van der Waals surface area (Å²) in [5, 5.41) is 27.2. The molecule has 0 atom stereocenters. The van der Waals surface area contributed by atoms with Crippen molar-refractivity contribution in [2.75, 3.05) is 7.11 Å². The average molecular weight is 184 g/mol. The predicted octanol–water partition coefficient (Wildman–Crippen LogP) is 0.385. The highest BCUT2D eigenvalue weighted by Crippen LogP contribution is 2.28. The van der Waals surface area contributed by atoms with Crippen LogP contribution in [0.1, 0.15) is 11.1 Å². The molecule has 0 radical (unpaired) electrons. The molecule has 0 spiro atoms. The molecular weight excluding hydrogens is 172 g/mol. The zero-order valence-corrected chi connectivity index (χ0v) is 7.32. The van der Waals surface area contributed by atoms with Gasteiger partial charge in [-0.05, 0) is 12.1 Å². The average Bonchev–Trinajstić information content (AvgIpc) is 2.18. The molecule has 0 unspecified atom stereocenters. The van der Waals surface area contributed by atoms with Crippen molar-refractivity contribution in [1.29, 1.82) is 0 Å². The SMILES string of the molecule is COc1cc(CO)c(O)c(CO)c1. The van der Waals surface area contributed by atoms with Gasteiger partial charge in [0.05, 0.1) is 20.3 Å². The van der Waals surface area contributed by atoms with E-state index in [0.717, 1.165) is 0 Å². The third-order valence-corrected chi connectivity index (χ3v) is 1.82. The van der Waals surface area contributed by atoms with Crippen LogP contribution < -0.4 is 4.74 Å². The monoisotopic (exact) mass is 184 g/mol. The van der Waals surface area contributed by atoms with Gasteiger partial charge in [-0.15, -0.1) is 0 Å². The molecule has 0 aromatic heterocycles. The fourth-order valence-electron chi connectivity index (χ4n) is 1.09. The van der Waals surface area contributed by atoms with E-state index in [1.165, 1.54) is 19.2 Å². The van der Waals surface area contributed by atoms with E-state index in [-0.39, 0.29) is 19.0 Å². The molecule has 0 amide bonds. The van der Waals surface area contributed by atoms with Crippen LogP contribution in [0, 0.1) is 0 Å². The zero-order valence-electron chi connectivity index (χ0n) is 7.32. The molecule has 13 heavy (non-hydrogen) atoms. The molecule has 0 aliphatic heterocycles. The summed E-state index contributed by atoms with van der Waals surface area (Å²) in [6.45, 7) is -0.563. The van der Waals surface area contributed by atoms with E-state index in [1.807, 2.05) is 0 Å². The summed E-state index contributed by atoms with van der Waals surface area (Å²) in [5.74, 6) is 0.428. The van der Waals surface area contributed by atoms with Crippen LogP contribution in [-0.2, 0) is 13.2 Å². The molecule has 4 heteroatoms. The van der Waals surface area contributed by atoms with Gasteiger partial charge in [-0.3, -0.25) is 0 Å². The van der Waals surface area contributed by atoms with E-state index in [0.29, 0.717) is 16.9 Å². The Labute approximate surface area is 76.0 Å². The summed E-state index contributed by atoms with van der Waals surface area (Å²) >= 11 is 0. The first-order valence-electron chi connectivity index (χ1n) is 3.83. The molecule has 0 aliphatic carbocycles. The maximum Gasteiger partial charge on any atom is 0.126 e. The number of aliphatic hydroxyl groups excluding tert-OH is 2. The lowest BCUT2D eigenvalue weighted by Gasteiger charge is -2.08. The molecule has 0 aliphatic rings. The van der Waals surface area contributed by atoms with Gasteiger partial charge in [0.15, 0.2) is 0 Å². The number of rotatable bonds is 3. The summed E-state index contributed by atoms with van der Waals surface area (Å²) in [6.07, 6.45) is 0. The van der Waals surface area contributed by atoms with Gasteiger partial charge in [-0.1, -0.05) is 0 Å². The minimum atomic E-state index is -0.282. The Morgan fingerprint density at radius 1 is 1.15 bits per heavy atom. The van der Waals surface area contributed by atoms with Gasteiger partial charge in [0.25, 0.3) is 0 Å². The van der Waals surface area contributed by atoms with Crippen molar-refractivity contribution in [3.63, 3.8) is 0 Å². The van der Waals surface area contributed by atoms with E-state index in [1.54, 1.807) is 0 Å². The summed E-state index contributed by atoms with van der Waals surface area (Å²) in [4.78, 5) is 0. The molecule has 3 N–H and O–H groups in total. The second kappa shape index (κ2) is 4.11. The van der Waals surface area contributed by atoms with Gasteiger partial charge in [-0.25, -0.2) is 0 Å². The number of ether oxygens (including phenoxy) is 1. The number of hydrogen-bond acceptors (Lipinski definition) is 4. The van der Waals surface area contributed by atoms with Crippen LogP contribution in [0.3, 0.4) is 0 Å². The molecule has 4 nitrogen and oxygen atoms in total. The van der Waals surface area contributed by atoms with Crippen molar-refractivity contribution in [2.45, 2.75) is 13.2 Å². The Kier molecular flexibility index (Phi) is 3.11. The minimum absolute atomic E-state index is 0.0780. The number of aromatic hydroxyl groups is 1. The molecule has 0 heterocycles. The lowest BCUT2D eigenvalue weighted by atomic mass is 10.1. The Balaban J connectivity index is 3.20. The van der Waals surface area contributed by atoms with Gasteiger partial charge in [0.1, 0.15) is 11.5 Å². The summed E-state index contributed by atoms with van der Waals surface area (Å²) in [5.41, 5.74) is 0.701. The fourth-order valence-corrected chi connectivity index (χ4v) is 1.09. The maximum absolute atomic E-state index is 9.43. The molecule has 0 bridgehead atoms. The summed E-state index contributed by atoms with van der Waals surface area (Å²) in [7, 11) is 1.48. The molecular formula is C9H12O4. The second-order valence-corrected chi connectivity index (χ2v) is 2.61. The van der Waals surface area contributed by atoms with E-state index in [9.17, 15) is 5.11 Å². The third kappa shape index (κ3) is 1.91. The Hall–Kier alpha value is -1.26. The second-order valence-electron chi connectivity index (χ2n) is 2.61. The lowest BCUT2D eigenvalue weighted by molar-refractivity contribution is 0.262. The highest BCUT2D eigenvalue weighted by molar-refractivity contribution is 5.45. The molecule has 72 valence electrons. The standard InChI is InChI=1S/C9H12O4/c1-13-8-2-6(4-10)9(12)7(3-8)5-11/h2-3,10-12H,4-5H2,1H3. The van der Waals surface area contributed by atoms with Crippen LogP contribution in [0.25, 0.3) is 0 Å². The minimum Gasteiger partial charge on any atom is -0.507 e. The van der Waals surface area contributed by atoms with E-state index in [2.05, 4.69) is 0 Å². The predicted molar refractivity (Wildman–Crippen MR) is 46.5 cm³/mol. The summed E-state index contributed by atoms with van der Waals surface area (Å²) in [6, 6.07) is 3.04. The van der Waals surface area contributed by atoms with E-state index < -0.39 is 0 Å². The van der Waals surface area contributed by atoms with Crippen LogP contribution in [0.5, 0.6) is 11.5 Å². The number of phenols is 1. The van der Waals surface area contributed by atoms with Gasteiger partial charge < -0.3 is 20.1 Å². The smallest absolute Gasteiger partial charge is 0.126 e. The zero-order chi connectivity index (χ0) is 9.84.